The first-order valence-corrected chi connectivity index (χ1v) is 9.47. The summed E-state index contributed by atoms with van der Waals surface area (Å²) in [5.41, 5.74) is 2.68. The summed E-state index contributed by atoms with van der Waals surface area (Å²) in [4.78, 5) is 29.3. The fraction of sp³-hybridized carbons (Fsp3) is 0.300. The second-order valence-corrected chi connectivity index (χ2v) is 6.88. The Bertz CT molecular complexity index is 998. The minimum absolute atomic E-state index is 0.281. The van der Waals surface area contributed by atoms with E-state index in [0.717, 1.165) is 5.69 Å². The van der Waals surface area contributed by atoms with Gasteiger partial charge in [-0.1, -0.05) is 18.2 Å². The maximum Gasteiger partial charge on any atom is 0.252 e. The molecule has 3 aromatic rings. The molecule has 3 N–H and O–H groups in total. The predicted octanol–water partition coefficient (Wildman–Crippen LogP) is 0.397. The molecule has 9 heteroatoms. The molecule has 9 nitrogen and oxygen atoms in total. The number of amides is 2. The van der Waals surface area contributed by atoms with Crippen molar-refractivity contribution in [2.24, 2.45) is 0 Å². The highest BCUT2D eigenvalue weighted by Gasteiger charge is 2.28. The number of aliphatic hydroxyl groups is 1. The molecular formula is C20H22N6O3. The Hall–Kier alpha value is -3.46. The summed E-state index contributed by atoms with van der Waals surface area (Å²) in [6.45, 7) is 2.00. The van der Waals surface area contributed by atoms with E-state index in [9.17, 15) is 14.7 Å². The lowest BCUT2D eigenvalue weighted by atomic mass is 10.1. The third-order valence-electron chi connectivity index (χ3n) is 5.08. The van der Waals surface area contributed by atoms with Crippen LogP contribution in [0.4, 0.5) is 5.69 Å². The molecule has 1 saturated heterocycles. The molecule has 0 aliphatic carbocycles. The van der Waals surface area contributed by atoms with Crippen LogP contribution in [0.1, 0.15) is 10.4 Å². The number of aromatic amines is 1. The smallest absolute Gasteiger partial charge is 0.252 e. The second-order valence-electron chi connectivity index (χ2n) is 6.88. The number of carbonyl (C=O) groups excluding carboxylic acids is 2. The van der Waals surface area contributed by atoms with Crippen LogP contribution < -0.4 is 10.2 Å². The molecule has 0 spiro atoms. The number of carbonyl (C=O) groups is 2. The number of benzene rings is 2. The van der Waals surface area contributed by atoms with Crippen LogP contribution >= 0.6 is 0 Å². The molecular weight excluding hydrogens is 372 g/mol. The Morgan fingerprint density at radius 1 is 1.03 bits per heavy atom. The topological polar surface area (TPSA) is 114 Å². The van der Waals surface area contributed by atoms with Gasteiger partial charge in [-0.2, -0.15) is 15.4 Å². The van der Waals surface area contributed by atoms with Gasteiger partial charge in [-0.15, -0.1) is 0 Å². The molecule has 1 aromatic heterocycles. The number of rotatable bonds is 5. The van der Waals surface area contributed by atoms with Crippen molar-refractivity contribution in [1.29, 1.82) is 0 Å². The molecule has 0 radical (unpaired) electrons. The summed E-state index contributed by atoms with van der Waals surface area (Å²) >= 11 is 0. The lowest BCUT2D eigenvalue weighted by Crippen LogP contribution is -2.56. The van der Waals surface area contributed by atoms with Crippen molar-refractivity contribution in [2.45, 2.75) is 6.04 Å². The monoisotopic (exact) mass is 394 g/mol. The zero-order valence-corrected chi connectivity index (χ0v) is 15.8. The molecule has 1 aliphatic heterocycles. The Labute approximate surface area is 167 Å². The minimum atomic E-state index is -0.987. The molecule has 0 bridgehead atoms. The quantitative estimate of drug-likeness (QED) is 0.577. The van der Waals surface area contributed by atoms with Crippen molar-refractivity contribution in [1.82, 2.24) is 25.6 Å². The van der Waals surface area contributed by atoms with E-state index in [-0.39, 0.29) is 5.91 Å². The van der Waals surface area contributed by atoms with Crippen molar-refractivity contribution in [3.8, 4) is 0 Å². The molecule has 1 unspecified atom stereocenters. The maximum absolute atomic E-state index is 12.8. The van der Waals surface area contributed by atoms with E-state index in [2.05, 4.69) is 25.6 Å². The summed E-state index contributed by atoms with van der Waals surface area (Å²) in [6.07, 6.45) is 0. The number of aromatic nitrogens is 3. The molecule has 29 heavy (non-hydrogen) atoms. The summed E-state index contributed by atoms with van der Waals surface area (Å²) in [5, 5.41) is 22.7. The van der Waals surface area contributed by atoms with Gasteiger partial charge < -0.3 is 20.2 Å². The second kappa shape index (κ2) is 8.27. The Morgan fingerprint density at radius 3 is 2.48 bits per heavy atom. The van der Waals surface area contributed by atoms with E-state index in [1.165, 1.54) is 0 Å². The molecule has 0 saturated carbocycles. The molecule has 1 fully saturated rings. The van der Waals surface area contributed by atoms with Gasteiger partial charge in [0.15, 0.2) is 0 Å². The molecule has 1 atom stereocenters. The number of hydrogen-bond acceptors (Lipinski definition) is 6. The van der Waals surface area contributed by atoms with E-state index in [0.29, 0.717) is 42.8 Å². The molecule has 2 aromatic carbocycles. The normalized spacial score (nSPS) is 15.3. The number of aliphatic hydroxyl groups excluding tert-OH is 1. The van der Waals surface area contributed by atoms with Gasteiger partial charge in [0.25, 0.3) is 5.91 Å². The van der Waals surface area contributed by atoms with Crippen molar-refractivity contribution in [3.63, 3.8) is 0 Å². The number of fused-ring (bicyclic) bond motifs is 1. The van der Waals surface area contributed by atoms with E-state index < -0.39 is 18.6 Å². The van der Waals surface area contributed by atoms with E-state index in [4.69, 9.17) is 0 Å². The van der Waals surface area contributed by atoms with Crippen molar-refractivity contribution in [3.05, 3.63) is 54.1 Å². The molecule has 2 heterocycles. The summed E-state index contributed by atoms with van der Waals surface area (Å²) in [7, 11) is 0. The van der Waals surface area contributed by atoms with Crippen molar-refractivity contribution < 1.29 is 14.7 Å². The van der Waals surface area contributed by atoms with Gasteiger partial charge in [-0.3, -0.25) is 9.59 Å². The minimum Gasteiger partial charge on any atom is -0.394 e. The predicted molar refractivity (Wildman–Crippen MR) is 107 cm³/mol. The Kier molecular flexibility index (Phi) is 5.39. The van der Waals surface area contributed by atoms with Crippen LogP contribution in [0.3, 0.4) is 0 Å². The third-order valence-corrected chi connectivity index (χ3v) is 5.08. The van der Waals surface area contributed by atoms with Gasteiger partial charge >= 0.3 is 0 Å². The van der Waals surface area contributed by atoms with E-state index in [1.807, 2.05) is 30.3 Å². The van der Waals surface area contributed by atoms with Gasteiger partial charge in [0.1, 0.15) is 17.1 Å². The first kappa shape index (κ1) is 18.9. The number of hydrogen-bond donors (Lipinski definition) is 3. The SMILES string of the molecule is O=C(NC(CO)C(=O)N1CCN(c2ccccc2)CC1)c1ccc2n[nH]nc2c1. The average Bonchev–Trinajstić information content (AvgIpc) is 3.25. The highest BCUT2D eigenvalue weighted by Crippen LogP contribution is 2.16. The van der Waals surface area contributed by atoms with Gasteiger partial charge in [0.2, 0.25) is 5.91 Å². The van der Waals surface area contributed by atoms with Gasteiger partial charge in [0, 0.05) is 37.4 Å². The fourth-order valence-corrected chi connectivity index (χ4v) is 3.45. The average molecular weight is 394 g/mol. The number of nitrogens with zero attached hydrogens (tertiary/aromatic N) is 4. The Morgan fingerprint density at radius 2 is 1.76 bits per heavy atom. The first-order valence-electron chi connectivity index (χ1n) is 9.47. The molecule has 1 aliphatic rings. The van der Waals surface area contributed by atoms with Crippen molar-refractivity contribution >= 4 is 28.5 Å². The van der Waals surface area contributed by atoms with Gasteiger partial charge in [-0.25, -0.2) is 0 Å². The first-order chi connectivity index (χ1) is 14.2. The highest BCUT2D eigenvalue weighted by atomic mass is 16.3. The summed E-state index contributed by atoms with van der Waals surface area (Å²) in [5.74, 6) is -0.721. The fourth-order valence-electron chi connectivity index (χ4n) is 3.45. The summed E-state index contributed by atoms with van der Waals surface area (Å²) in [6, 6.07) is 13.9. The van der Waals surface area contributed by atoms with Gasteiger partial charge in [0.05, 0.1) is 6.61 Å². The standard InChI is InChI=1S/C20H22N6O3/c27-13-18(21-19(28)14-6-7-16-17(12-14)23-24-22-16)20(29)26-10-8-25(9-11-26)15-4-2-1-3-5-15/h1-7,12,18,27H,8-11,13H2,(H,21,28)(H,22,23,24). The number of anilines is 1. The number of H-pyrrole nitrogens is 1. The van der Waals surface area contributed by atoms with Gasteiger partial charge in [-0.05, 0) is 30.3 Å². The van der Waals surface area contributed by atoms with E-state index in [1.54, 1.807) is 23.1 Å². The Balaban J connectivity index is 1.37. The zero-order chi connectivity index (χ0) is 20.2. The van der Waals surface area contributed by atoms with Crippen LogP contribution in [-0.4, -0.2) is 76.1 Å². The number of para-hydroxylation sites is 1. The largest absolute Gasteiger partial charge is 0.394 e. The van der Waals surface area contributed by atoms with Crippen molar-refractivity contribution in [2.75, 3.05) is 37.7 Å². The van der Waals surface area contributed by atoms with E-state index >= 15 is 0 Å². The zero-order valence-electron chi connectivity index (χ0n) is 15.8. The van der Waals surface area contributed by atoms with Crippen LogP contribution in [0.15, 0.2) is 48.5 Å². The lowest BCUT2D eigenvalue weighted by Gasteiger charge is -2.37. The number of piperazine rings is 1. The van der Waals surface area contributed by atoms with Crippen LogP contribution in [-0.2, 0) is 4.79 Å². The number of nitrogens with one attached hydrogen (secondary N) is 2. The summed E-state index contributed by atoms with van der Waals surface area (Å²) < 4.78 is 0. The lowest BCUT2D eigenvalue weighted by molar-refractivity contribution is -0.134. The van der Waals surface area contributed by atoms with Crippen LogP contribution in [0, 0.1) is 0 Å². The molecule has 4 rings (SSSR count). The van der Waals surface area contributed by atoms with Crippen LogP contribution in [0.5, 0.6) is 0 Å². The molecule has 150 valence electrons. The van der Waals surface area contributed by atoms with Crippen LogP contribution in [0.25, 0.3) is 11.0 Å². The van der Waals surface area contributed by atoms with Crippen LogP contribution in [0.2, 0.25) is 0 Å². The highest BCUT2D eigenvalue weighted by molar-refractivity contribution is 5.99. The molecule has 2 amide bonds. The maximum atomic E-state index is 12.8. The third kappa shape index (κ3) is 4.04.